The van der Waals surface area contributed by atoms with Crippen molar-refractivity contribution in [2.75, 3.05) is 11.9 Å². The number of aryl methyl sites for hydroxylation is 1. The molecule has 3 nitrogen and oxygen atoms in total. The topological polar surface area (TPSA) is 33.5 Å². The molecule has 0 saturated heterocycles. The van der Waals surface area contributed by atoms with E-state index in [0.717, 1.165) is 11.3 Å². The van der Waals surface area contributed by atoms with Gasteiger partial charge in [-0.05, 0) is 47.1 Å². The van der Waals surface area contributed by atoms with Crippen LogP contribution in [-0.2, 0) is 0 Å². The monoisotopic (exact) mass is 293 g/mol. The van der Waals surface area contributed by atoms with E-state index >= 15 is 0 Å². The molecule has 0 aliphatic carbocycles. The third-order valence-corrected chi connectivity index (χ3v) is 2.94. The molecule has 1 aromatic heterocycles. The van der Waals surface area contributed by atoms with E-state index in [4.69, 9.17) is 4.42 Å². The van der Waals surface area contributed by atoms with Crippen molar-refractivity contribution in [3.63, 3.8) is 0 Å². The average Bonchev–Trinajstić information content (AvgIpc) is 2.75. The highest BCUT2D eigenvalue weighted by Crippen LogP contribution is 2.19. The third-order valence-electron chi connectivity index (χ3n) is 2.51. The second-order valence-electron chi connectivity index (χ2n) is 3.80. The molecule has 88 valence electrons. The van der Waals surface area contributed by atoms with Crippen LogP contribution in [0.1, 0.15) is 16.1 Å². The van der Waals surface area contributed by atoms with Gasteiger partial charge < -0.3 is 9.32 Å². The molecule has 2 rings (SSSR count). The molecule has 4 heteroatoms. The van der Waals surface area contributed by atoms with Crippen molar-refractivity contribution in [3.8, 4) is 0 Å². The summed E-state index contributed by atoms with van der Waals surface area (Å²) in [5, 5.41) is 0. The Bertz CT molecular complexity index is 531. The molecule has 0 aliphatic heterocycles. The van der Waals surface area contributed by atoms with Crippen molar-refractivity contribution in [2.24, 2.45) is 0 Å². The van der Waals surface area contributed by atoms with Crippen LogP contribution in [0.5, 0.6) is 0 Å². The zero-order chi connectivity index (χ0) is 12.4. The molecule has 1 heterocycles. The lowest BCUT2D eigenvalue weighted by atomic mass is 10.2. The van der Waals surface area contributed by atoms with Gasteiger partial charge in [-0.25, -0.2) is 0 Å². The first-order chi connectivity index (χ1) is 8.08. The minimum Gasteiger partial charge on any atom is -0.444 e. The van der Waals surface area contributed by atoms with Crippen LogP contribution in [0.3, 0.4) is 0 Å². The number of benzene rings is 1. The molecule has 2 aromatic rings. The van der Waals surface area contributed by atoms with Gasteiger partial charge in [0.15, 0.2) is 10.4 Å². The Balaban J connectivity index is 2.23. The summed E-state index contributed by atoms with van der Waals surface area (Å²) in [6.07, 6.45) is 0. The molecular weight excluding hydrogens is 282 g/mol. The number of carbonyl (C=O) groups excluding carboxylic acids is 1. The van der Waals surface area contributed by atoms with Crippen molar-refractivity contribution >= 4 is 27.5 Å². The lowest BCUT2D eigenvalue weighted by Gasteiger charge is -2.15. The molecule has 1 aromatic carbocycles. The number of furan rings is 1. The standard InChI is InChI=1S/C13H12BrNO2/c1-9-3-5-10(6-4-9)15(2)13(16)11-7-8-12(14)17-11/h3-8H,1-2H3. The predicted octanol–water partition coefficient (Wildman–Crippen LogP) is 3.63. The van der Waals surface area contributed by atoms with E-state index in [1.165, 1.54) is 0 Å². The van der Waals surface area contributed by atoms with Gasteiger partial charge in [0.1, 0.15) is 0 Å². The molecular formula is C13H12BrNO2. The maximum Gasteiger partial charge on any atom is 0.293 e. The summed E-state index contributed by atoms with van der Waals surface area (Å²) in [6, 6.07) is 11.1. The van der Waals surface area contributed by atoms with Gasteiger partial charge in [-0.2, -0.15) is 0 Å². The Labute approximate surface area is 108 Å². The third kappa shape index (κ3) is 2.58. The van der Waals surface area contributed by atoms with Crippen LogP contribution >= 0.6 is 15.9 Å². The summed E-state index contributed by atoms with van der Waals surface area (Å²) in [5.74, 6) is 0.152. The average molecular weight is 294 g/mol. The molecule has 17 heavy (non-hydrogen) atoms. The van der Waals surface area contributed by atoms with Gasteiger partial charge in [0.2, 0.25) is 0 Å². The number of nitrogens with zero attached hydrogens (tertiary/aromatic N) is 1. The van der Waals surface area contributed by atoms with Crippen LogP contribution in [0, 0.1) is 6.92 Å². The lowest BCUT2D eigenvalue weighted by Crippen LogP contribution is -2.25. The number of rotatable bonds is 2. The number of halogens is 1. The van der Waals surface area contributed by atoms with Gasteiger partial charge in [0.25, 0.3) is 5.91 Å². The summed E-state index contributed by atoms with van der Waals surface area (Å²) < 4.78 is 5.79. The lowest BCUT2D eigenvalue weighted by molar-refractivity contribution is 0.0965. The van der Waals surface area contributed by atoms with Crippen molar-refractivity contribution in [2.45, 2.75) is 6.92 Å². The van der Waals surface area contributed by atoms with Crippen LogP contribution in [0.15, 0.2) is 45.5 Å². The predicted molar refractivity (Wildman–Crippen MR) is 70.3 cm³/mol. The zero-order valence-corrected chi connectivity index (χ0v) is 11.2. The highest BCUT2D eigenvalue weighted by Gasteiger charge is 2.16. The smallest absolute Gasteiger partial charge is 0.293 e. The number of amides is 1. The van der Waals surface area contributed by atoms with Crippen LogP contribution in [0.25, 0.3) is 0 Å². The highest BCUT2D eigenvalue weighted by molar-refractivity contribution is 9.10. The van der Waals surface area contributed by atoms with Crippen LogP contribution in [0.2, 0.25) is 0 Å². The fourth-order valence-electron chi connectivity index (χ4n) is 1.48. The van der Waals surface area contributed by atoms with Crippen molar-refractivity contribution in [1.82, 2.24) is 0 Å². The van der Waals surface area contributed by atoms with E-state index in [2.05, 4.69) is 15.9 Å². The molecule has 0 spiro atoms. The number of carbonyl (C=O) groups is 1. The number of hydrogen-bond donors (Lipinski definition) is 0. The molecule has 0 radical (unpaired) electrons. The molecule has 0 unspecified atom stereocenters. The quantitative estimate of drug-likeness (QED) is 0.847. The first kappa shape index (κ1) is 11.9. The van der Waals surface area contributed by atoms with Gasteiger partial charge in [-0.3, -0.25) is 4.79 Å². The number of anilines is 1. The van der Waals surface area contributed by atoms with Crippen molar-refractivity contribution in [3.05, 3.63) is 52.4 Å². The van der Waals surface area contributed by atoms with E-state index in [1.54, 1.807) is 24.1 Å². The van der Waals surface area contributed by atoms with E-state index < -0.39 is 0 Å². The Hall–Kier alpha value is -1.55. The highest BCUT2D eigenvalue weighted by atomic mass is 79.9. The first-order valence-electron chi connectivity index (χ1n) is 5.18. The number of hydrogen-bond acceptors (Lipinski definition) is 2. The molecule has 0 atom stereocenters. The molecule has 0 fully saturated rings. The van der Waals surface area contributed by atoms with Gasteiger partial charge in [0.05, 0.1) is 0 Å². The maximum absolute atomic E-state index is 12.1. The summed E-state index contributed by atoms with van der Waals surface area (Å²) in [4.78, 5) is 13.6. The normalized spacial score (nSPS) is 10.3. The molecule has 0 bridgehead atoms. The molecule has 1 amide bonds. The Kier molecular flexibility index (Phi) is 3.33. The fraction of sp³-hybridized carbons (Fsp3) is 0.154. The van der Waals surface area contributed by atoms with Crippen LogP contribution in [-0.4, -0.2) is 13.0 Å². The summed E-state index contributed by atoms with van der Waals surface area (Å²) in [6.45, 7) is 2.01. The first-order valence-corrected chi connectivity index (χ1v) is 5.97. The second-order valence-corrected chi connectivity index (χ2v) is 4.59. The van der Waals surface area contributed by atoms with Gasteiger partial charge >= 0.3 is 0 Å². The van der Waals surface area contributed by atoms with E-state index in [1.807, 2.05) is 31.2 Å². The van der Waals surface area contributed by atoms with Crippen LogP contribution in [0.4, 0.5) is 5.69 Å². The molecule has 0 saturated carbocycles. The van der Waals surface area contributed by atoms with Crippen molar-refractivity contribution < 1.29 is 9.21 Å². The van der Waals surface area contributed by atoms with E-state index in [0.29, 0.717) is 10.4 Å². The minimum absolute atomic E-state index is 0.167. The SMILES string of the molecule is Cc1ccc(N(C)C(=O)c2ccc(Br)o2)cc1. The van der Waals surface area contributed by atoms with Crippen molar-refractivity contribution in [1.29, 1.82) is 0 Å². The second kappa shape index (κ2) is 4.75. The zero-order valence-electron chi connectivity index (χ0n) is 9.61. The Morgan fingerprint density at radius 1 is 1.18 bits per heavy atom. The fourth-order valence-corrected chi connectivity index (χ4v) is 1.79. The Morgan fingerprint density at radius 2 is 1.82 bits per heavy atom. The van der Waals surface area contributed by atoms with Gasteiger partial charge in [0, 0.05) is 12.7 Å². The Morgan fingerprint density at radius 3 is 2.35 bits per heavy atom. The van der Waals surface area contributed by atoms with Crippen LogP contribution < -0.4 is 4.90 Å². The van der Waals surface area contributed by atoms with E-state index in [-0.39, 0.29) is 5.91 Å². The van der Waals surface area contributed by atoms with Gasteiger partial charge in [-0.15, -0.1) is 0 Å². The largest absolute Gasteiger partial charge is 0.444 e. The molecule has 0 N–H and O–H groups in total. The summed E-state index contributed by atoms with van der Waals surface area (Å²) >= 11 is 3.18. The molecule has 0 aliphatic rings. The minimum atomic E-state index is -0.167. The summed E-state index contributed by atoms with van der Waals surface area (Å²) in [5.41, 5.74) is 2.00. The maximum atomic E-state index is 12.1. The van der Waals surface area contributed by atoms with E-state index in [9.17, 15) is 4.79 Å². The summed E-state index contributed by atoms with van der Waals surface area (Å²) in [7, 11) is 1.73. The van der Waals surface area contributed by atoms with Gasteiger partial charge in [-0.1, -0.05) is 17.7 Å².